The fraction of sp³-hybridized carbons (Fsp3) is 0.267. The molecule has 3 aromatic rings. The minimum atomic E-state index is -3.82. The number of nitrogens with one attached hydrogen (secondary N) is 1. The zero-order chi connectivity index (χ0) is 17.3. The molecule has 0 amide bonds. The van der Waals surface area contributed by atoms with Gasteiger partial charge in [0.1, 0.15) is 28.2 Å². The molecule has 3 aromatic heterocycles. The first-order valence-corrected chi connectivity index (χ1v) is 9.54. The number of aliphatic hydroxyl groups excluding tert-OH is 1. The molecule has 0 aliphatic rings. The minimum absolute atomic E-state index is 0.00638. The van der Waals surface area contributed by atoms with Crippen molar-refractivity contribution in [2.75, 3.05) is 6.54 Å². The van der Waals surface area contributed by atoms with E-state index >= 15 is 0 Å². The molecule has 3 heterocycles. The molecular weight excluding hydrogens is 352 g/mol. The summed E-state index contributed by atoms with van der Waals surface area (Å²) in [5.74, 6) is 1.11. The summed E-state index contributed by atoms with van der Waals surface area (Å²) < 4.78 is 37.4. The average molecular weight is 368 g/mol. The van der Waals surface area contributed by atoms with E-state index in [1.54, 1.807) is 19.1 Å². The first-order valence-electron chi connectivity index (χ1n) is 7.11. The Labute approximate surface area is 143 Å². The highest BCUT2D eigenvalue weighted by molar-refractivity contribution is 7.89. The number of furan rings is 1. The van der Waals surface area contributed by atoms with Gasteiger partial charge in [-0.1, -0.05) is 5.16 Å². The Morgan fingerprint density at radius 3 is 2.75 bits per heavy atom. The molecule has 0 saturated heterocycles. The van der Waals surface area contributed by atoms with Crippen LogP contribution in [0.3, 0.4) is 0 Å². The number of thiophene rings is 1. The SMILES string of the molecule is Cc1noc(C)c1S(=O)(=O)NC[C@H](O)c1ccc(-c2ccsc2)o1. The standard InChI is InChI=1S/C15H16N2O5S2/c1-9-15(10(2)22-17-9)24(19,20)16-7-12(18)14-4-3-13(21-14)11-5-6-23-8-11/h3-6,8,12,16,18H,7H2,1-2H3/t12-/m0/s1. The molecular formula is C15H16N2O5S2. The maximum atomic E-state index is 12.3. The Morgan fingerprint density at radius 1 is 1.33 bits per heavy atom. The molecule has 3 rings (SSSR count). The van der Waals surface area contributed by atoms with E-state index in [1.165, 1.54) is 18.3 Å². The van der Waals surface area contributed by atoms with Gasteiger partial charge in [-0.3, -0.25) is 0 Å². The van der Waals surface area contributed by atoms with Crippen LogP contribution in [0.4, 0.5) is 0 Å². The lowest BCUT2D eigenvalue weighted by Crippen LogP contribution is -2.29. The summed E-state index contributed by atoms with van der Waals surface area (Å²) in [5.41, 5.74) is 1.18. The van der Waals surface area contributed by atoms with E-state index in [4.69, 9.17) is 8.94 Å². The molecule has 24 heavy (non-hydrogen) atoms. The quantitative estimate of drug-likeness (QED) is 0.693. The highest BCUT2D eigenvalue weighted by Gasteiger charge is 2.25. The van der Waals surface area contributed by atoms with E-state index in [1.807, 2.05) is 16.8 Å². The molecule has 0 aromatic carbocycles. The summed E-state index contributed by atoms with van der Waals surface area (Å²) in [6.07, 6.45) is -1.10. The lowest BCUT2D eigenvalue weighted by atomic mass is 10.2. The fourth-order valence-corrected chi connectivity index (χ4v) is 4.32. The van der Waals surface area contributed by atoms with Crippen molar-refractivity contribution in [1.82, 2.24) is 9.88 Å². The van der Waals surface area contributed by atoms with Gasteiger partial charge in [0.2, 0.25) is 10.0 Å². The summed E-state index contributed by atoms with van der Waals surface area (Å²) in [4.78, 5) is -0.00638. The van der Waals surface area contributed by atoms with Crippen LogP contribution in [-0.2, 0) is 10.0 Å². The number of sulfonamides is 1. The number of aromatic nitrogens is 1. The maximum Gasteiger partial charge on any atom is 0.246 e. The molecule has 0 unspecified atom stereocenters. The number of aryl methyl sites for hydroxylation is 2. The van der Waals surface area contributed by atoms with E-state index in [0.717, 1.165) is 5.56 Å². The molecule has 7 nitrogen and oxygen atoms in total. The third kappa shape index (κ3) is 3.29. The first kappa shape index (κ1) is 16.9. The molecule has 0 bridgehead atoms. The van der Waals surface area contributed by atoms with Gasteiger partial charge in [-0.25, -0.2) is 13.1 Å². The number of hydrogen-bond donors (Lipinski definition) is 2. The van der Waals surface area contributed by atoms with Crippen LogP contribution in [0, 0.1) is 13.8 Å². The molecule has 0 aliphatic carbocycles. The highest BCUT2D eigenvalue weighted by Crippen LogP contribution is 2.27. The summed E-state index contributed by atoms with van der Waals surface area (Å²) >= 11 is 1.54. The number of nitrogens with zero attached hydrogens (tertiary/aromatic N) is 1. The third-order valence-electron chi connectivity index (χ3n) is 3.46. The average Bonchev–Trinajstić information content (AvgIpc) is 3.24. The normalized spacial score (nSPS) is 13.3. The smallest absolute Gasteiger partial charge is 0.246 e. The van der Waals surface area contributed by atoms with Crippen LogP contribution in [0.15, 0.2) is 42.8 Å². The lowest BCUT2D eigenvalue weighted by molar-refractivity contribution is 0.155. The molecule has 0 saturated carbocycles. The summed E-state index contributed by atoms with van der Waals surface area (Å²) in [7, 11) is -3.82. The van der Waals surface area contributed by atoms with Crippen molar-refractivity contribution >= 4 is 21.4 Å². The van der Waals surface area contributed by atoms with Crippen LogP contribution in [0.1, 0.15) is 23.3 Å². The van der Waals surface area contributed by atoms with Gasteiger partial charge in [0, 0.05) is 17.5 Å². The Kier molecular flexibility index (Phi) is 4.59. The predicted molar refractivity (Wildman–Crippen MR) is 88.1 cm³/mol. The molecule has 0 aliphatic heterocycles. The minimum Gasteiger partial charge on any atom is -0.458 e. The zero-order valence-corrected chi connectivity index (χ0v) is 14.6. The topological polar surface area (TPSA) is 106 Å². The van der Waals surface area contributed by atoms with E-state index in [-0.39, 0.29) is 28.7 Å². The Bertz CT molecular complexity index is 906. The van der Waals surface area contributed by atoms with Crippen LogP contribution >= 0.6 is 11.3 Å². The van der Waals surface area contributed by atoms with Crippen molar-refractivity contribution in [1.29, 1.82) is 0 Å². The van der Waals surface area contributed by atoms with Crippen LogP contribution in [-0.4, -0.2) is 25.2 Å². The Hall–Kier alpha value is -1.94. The summed E-state index contributed by atoms with van der Waals surface area (Å²) in [6, 6.07) is 5.27. The van der Waals surface area contributed by atoms with Crippen LogP contribution in [0.2, 0.25) is 0 Å². The van der Waals surface area contributed by atoms with Gasteiger partial charge in [-0.2, -0.15) is 11.3 Å². The second-order valence-corrected chi connectivity index (χ2v) is 7.72. The van der Waals surface area contributed by atoms with E-state index in [9.17, 15) is 13.5 Å². The van der Waals surface area contributed by atoms with Crippen LogP contribution in [0.5, 0.6) is 0 Å². The number of hydrogen-bond acceptors (Lipinski definition) is 7. The van der Waals surface area contributed by atoms with Crippen molar-refractivity contribution in [3.63, 3.8) is 0 Å². The van der Waals surface area contributed by atoms with Gasteiger partial charge >= 0.3 is 0 Å². The van der Waals surface area contributed by atoms with Gasteiger partial charge in [0.25, 0.3) is 0 Å². The molecule has 2 N–H and O–H groups in total. The molecule has 0 spiro atoms. The first-order chi connectivity index (χ1) is 11.4. The lowest BCUT2D eigenvalue weighted by Gasteiger charge is -2.10. The van der Waals surface area contributed by atoms with Crippen LogP contribution in [0.25, 0.3) is 11.3 Å². The van der Waals surface area contributed by atoms with Gasteiger partial charge < -0.3 is 14.0 Å². The summed E-state index contributed by atoms with van der Waals surface area (Å²) in [5, 5.41) is 17.6. The number of aliphatic hydroxyl groups is 1. The maximum absolute atomic E-state index is 12.3. The molecule has 128 valence electrons. The van der Waals surface area contributed by atoms with Crippen molar-refractivity contribution in [3.05, 3.63) is 46.2 Å². The largest absolute Gasteiger partial charge is 0.458 e. The fourth-order valence-electron chi connectivity index (χ4n) is 2.31. The second-order valence-electron chi connectivity index (χ2n) is 5.24. The third-order valence-corrected chi connectivity index (χ3v) is 5.81. The Balaban J connectivity index is 1.71. The molecule has 9 heteroatoms. The molecule has 0 radical (unpaired) electrons. The Morgan fingerprint density at radius 2 is 2.12 bits per heavy atom. The van der Waals surface area contributed by atoms with Gasteiger partial charge in [0.05, 0.1) is 0 Å². The van der Waals surface area contributed by atoms with Crippen LogP contribution < -0.4 is 4.72 Å². The summed E-state index contributed by atoms with van der Waals surface area (Å²) in [6.45, 7) is 2.84. The monoisotopic (exact) mass is 368 g/mol. The van der Waals surface area contributed by atoms with Gasteiger partial charge in [0.15, 0.2) is 5.76 Å². The molecule has 0 fully saturated rings. The van der Waals surface area contributed by atoms with E-state index in [2.05, 4.69) is 9.88 Å². The van der Waals surface area contributed by atoms with E-state index in [0.29, 0.717) is 5.76 Å². The van der Waals surface area contributed by atoms with Gasteiger partial charge in [-0.15, -0.1) is 0 Å². The van der Waals surface area contributed by atoms with Crippen molar-refractivity contribution < 1.29 is 22.5 Å². The van der Waals surface area contributed by atoms with Crippen molar-refractivity contribution in [2.45, 2.75) is 24.8 Å². The number of rotatable bonds is 6. The molecule has 1 atom stereocenters. The van der Waals surface area contributed by atoms with E-state index < -0.39 is 16.1 Å². The van der Waals surface area contributed by atoms with Crippen molar-refractivity contribution in [3.8, 4) is 11.3 Å². The zero-order valence-electron chi connectivity index (χ0n) is 13.0. The second kappa shape index (κ2) is 6.52. The predicted octanol–water partition coefficient (Wildman–Crippen LogP) is 2.62. The highest BCUT2D eigenvalue weighted by atomic mass is 32.2. The van der Waals surface area contributed by atoms with Gasteiger partial charge in [-0.05, 0) is 37.4 Å². The van der Waals surface area contributed by atoms with Crippen molar-refractivity contribution in [2.24, 2.45) is 0 Å².